The summed E-state index contributed by atoms with van der Waals surface area (Å²) in [6.45, 7) is 10.6. The highest BCUT2D eigenvalue weighted by atomic mass is 16.3. The van der Waals surface area contributed by atoms with Gasteiger partial charge in [0.2, 0.25) is 0 Å². The highest BCUT2D eigenvalue weighted by Crippen LogP contribution is 2.20. The number of benzene rings is 1. The van der Waals surface area contributed by atoms with Gasteiger partial charge < -0.3 is 15.5 Å². The van der Waals surface area contributed by atoms with Gasteiger partial charge in [-0.25, -0.2) is 0 Å². The van der Waals surface area contributed by atoms with Gasteiger partial charge in [0.05, 0.1) is 17.6 Å². The van der Waals surface area contributed by atoms with Crippen molar-refractivity contribution in [1.29, 1.82) is 0 Å². The fourth-order valence-corrected chi connectivity index (χ4v) is 2.34. The van der Waals surface area contributed by atoms with Crippen molar-refractivity contribution in [2.24, 2.45) is 0 Å². The summed E-state index contributed by atoms with van der Waals surface area (Å²) in [6.07, 6.45) is 12.6. The van der Waals surface area contributed by atoms with Crippen LogP contribution in [-0.2, 0) is 0 Å². The second-order valence-electron chi connectivity index (χ2n) is 6.33. The molecule has 1 aromatic heterocycles. The molecule has 1 unspecified atom stereocenters. The molecule has 1 heterocycles. The van der Waals surface area contributed by atoms with E-state index in [9.17, 15) is 0 Å². The maximum atomic E-state index is 8.49. The standard InChI is InChI=1S/C19H21N3.C5H10O2/c1-3-5-6-8-12-16(11-4-2)18-15-19(22-21-18)20-17-13-9-7-10-14-17;1-4(6)3-5(2)7/h3-4,7-15H,1-2,5-6H2,(H2,20,21,22);3-4,6-7H,1-2H3/b12-8-,16-11+;5-3+. The molecule has 0 aliphatic rings. The monoisotopic (exact) mass is 393 g/mol. The van der Waals surface area contributed by atoms with Crippen LogP contribution in [0.4, 0.5) is 11.5 Å². The number of hydrogen-bond donors (Lipinski definition) is 4. The molecule has 2 rings (SSSR count). The van der Waals surface area contributed by atoms with E-state index >= 15 is 0 Å². The number of para-hydroxylation sites is 1. The summed E-state index contributed by atoms with van der Waals surface area (Å²) in [5.74, 6) is 0.950. The van der Waals surface area contributed by atoms with Crippen LogP contribution in [0.2, 0.25) is 0 Å². The van der Waals surface area contributed by atoms with Crippen molar-refractivity contribution in [1.82, 2.24) is 10.2 Å². The summed E-state index contributed by atoms with van der Waals surface area (Å²) in [5.41, 5.74) is 3.01. The first-order chi connectivity index (χ1) is 14.0. The largest absolute Gasteiger partial charge is 0.513 e. The van der Waals surface area contributed by atoms with Gasteiger partial charge in [-0.2, -0.15) is 5.10 Å². The topological polar surface area (TPSA) is 81.2 Å². The van der Waals surface area contributed by atoms with Crippen molar-refractivity contribution < 1.29 is 10.2 Å². The number of unbranched alkanes of at least 4 members (excludes halogenated alkanes) is 1. The Kier molecular flexibility index (Phi) is 11.3. The molecule has 0 bridgehead atoms. The number of aromatic nitrogens is 2. The lowest BCUT2D eigenvalue weighted by molar-refractivity contribution is 0.237. The number of nitrogens with one attached hydrogen (secondary N) is 2. The number of aliphatic hydroxyl groups is 2. The van der Waals surface area contributed by atoms with Crippen LogP contribution in [0, 0.1) is 0 Å². The summed E-state index contributed by atoms with van der Waals surface area (Å²) in [6, 6.07) is 12.0. The molecule has 0 fully saturated rings. The molecule has 0 saturated heterocycles. The molecule has 2 aromatic rings. The van der Waals surface area contributed by atoms with Gasteiger partial charge in [0.15, 0.2) is 5.82 Å². The van der Waals surface area contributed by atoms with Crippen molar-refractivity contribution in [3.63, 3.8) is 0 Å². The number of aromatic amines is 1. The van der Waals surface area contributed by atoms with E-state index in [1.165, 1.54) is 13.0 Å². The van der Waals surface area contributed by atoms with E-state index in [1.807, 2.05) is 48.6 Å². The van der Waals surface area contributed by atoms with Gasteiger partial charge in [0.1, 0.15) is 0 Å². The van der Waals surface area contributed by atoms with Crippen LogP contribution < -0.4 is 5.32 Å². The first-order valence-electron chi connectivity index (χ1n) is 9.49. The zero-order chi connectivity index (χ0) is 21.5. The lowest BCUT2D eigenvalue weighted by atomic mass is 10.1. The van der Waals surface area contributed by atoms with Crippen LogP contribution in [0.5, 0.6) is 0 Å². The third kappa shape index (κ3) is 10.6. The fraction of sp³-hybridized carbons (Fsp3) is 0.208. The van der Waals surface area contributed by atoms with Gasteiger partial charge in [-0.05, 0) is 50.5 Å². The first-order valence-corrected chi connectivity index (χ1v) is 9.49. The predicted octanol–water partition coefficient (Wildman–Crippen LogP) is 6.07. The normalized spacial score (nSPS) is 12.8. The Morgan fingerprint density at radius 1 is 1.24 bits per heavy atom. The minimum absolute atomic E-state index is 0.162. The highest BCUT2D eigenvalue weighted by molar-refractivity contribution is 5.74. The zero-order valence-corrected chi connectivity index (χ0v) is 17.2. The average molecular weight is 394 g/mol. The molecule has 5 heteroatoms. The Labute approximate surface area is 173 Å². The molecular formula is C24H31N3O2. The Hall–Kier alpha value is -3.31. The summed E-state index contributed by atoms with van der Waals surface area (Å²) in [4.78, 5) is 0. The first kappa shape index (κ1) is 23.7. The van der Waals surface area contributed by atoms with E-state index in [4.69, 9.17) is 10.2 Å². The number of allylic oxidation sites excluding steroid dienone is 7. The molecule has 1 atom stereocenters. The minimum Gasteiger partial charge on any atom is -0.513 e. The quantitative estimate of drug-likeness (QED) is 0.180. The van der Waals surface area contributed by atoms with E-state index < -0.39 is 6.10 Å². The molecule has 1 aromatic carbocycles. The average Bonchev–Trinajstić information content (AvgIpc) is 3.13. The van der Waals surface area contributed by atoms with E-state index in [0.29, 0.717) is 0 Å². The molecule has 0 spiro atoms. The third-order valence-corrected chi connectivity index (χ3v) is 3.55. The molecule has 0 amide bonds. The van der Waals surface area contributed by atoms with E-state index in [2.05, 4.69) is 40.8 Å². The molecule has 0 aliphatic heterocycles. The van der Waals surface area contributed by atoms with Gasteiger partial charge in [0.25, 0.3) is 0 Å². The SMILES string of the molecule is C/C(O)=C\C(C)O.C=C/C=C(\C=C/CCC=C)c1cc(Nc2ccccc2)n[nH]1. The summed E-state index contributed by atoms with van der Waals surface area (Å²) < 4.78 is 0. The van der Waals surface area contributed by atoms with Crippen LogP contribution in [0.1, 0.15) is 32.4 Å². The van der Waals surface area contributed by atoms with Gasteiger partial charge >= 0.3 is 0 Å². The zero-order valence-electron chi connectivity index (χ0n) is 17.2. The molecule has 29 heavy (non-hydrogen) atoms. The molecule has 0 saturated carbocycles. The van der Waals surface area contributed by atoms with Crippen molar-refractivity contribution in [3.8, 4) is 0 Å². The van der Waals surface area contributed by atoms with Crippen molar-refractivity contribution in [2.75, 3.05) is 5.32 Å². The second-order valence-corrected chi connectivity index (χ2v) is 6.33. The van der Waals surface area contributed by atoms with Crippen molar-refractivity contribution in [3.05, 3.63) is 97.5 Å². The van der Waals surface area contributed by atoms with Gasteiger partial charge in [0, 0.05) is 11.8 Å². The fourth-order valence-electron chi connectivity index (χ4n) is 2.34. The van der Waals surface area contributed by atoms with Gasteiger partial charge in [-0.15, -0.1) is 6.58 Å². The van der Waals surface area contributed by atoms with E-state index in [0.717, 1.165) is 35.6 Å². The predicted molar refractivity (Wildman–Crippen MR) is 123 cm³/mol. The van der Waals surface area contributed by atoms with Crippen LogP contribution in [0.25, 0.3) is 5.57 Å². The van der Waals surface area contributed by atoms with Crippen LogP contribution in [-0.4, -0.2) is 26.5 Å². The highest BCUT2D eigenvalue weighted by Gasteiger charge is 2.04. The molecule has 5 nitrogen and oxygen atoms in total. The summed E-state index contributed by atoms with van der Waals surface area (Å²) in [7, 11) is 0. The van der Waals surface area contributed by atoms with E-state index in [-0.39, 0.29) is 5.76 Å². The number of aliphatic hydroxyl groups excluding tert-OH is 2. The maximum Gasteiger partial charge on any atom is 0.152 e. The molecule has 4 N–H and O–H groups in total. The van der Waals surface area contributed by atoms with Crippen LogP contribution in [0.15, 0.2) is 91.8 Å². The number of anilines is 2. The van der Waals surface area contributed by atoms with Crippen LogP contribution in [0.3, 0.4) is 0 Å². The molecule has 0 aliphatic carbocycles. The Morgan fingerprint density at radius 2 is 1.97 bits per heavy atom. The molecule has 0 radical (unpaired) electrons. The second kappa shape index (κ2) is 13.8. The maximum absolute atomic E-state index is 8.49. The summed E-state index contributed by atoms with van der Waals surface area (Å²) in [5, 5.41) is 27.5. The Bertz CT molecular complexity index is 827. The number of nitrogens with zero attached hydrogens (tertiary/aromatic N) is 1. The van der Waals surface area contributed by atoms with Crippen molar-refractivity contribution in [2.45, 2.75) is 32.8 Å². The smallest absolute Gasteiger partial charge is 0.152 e. The number of H-pyrrole nitrogens is 1. The van der Waals surface area contributed by atoms with Gasteiger partial charge in [-0.3, -0.25) is 5.10 Å². The number of hydrogen-bond acceptors (Lipinski definition) is 4. The lowest BCUT2D eigenvalue weighted by Crippen LogP contribution is -1.93. The van der Waals surface area contributed by atoms with E-state index in [1.54, 1.807) is 13.0 Å². The lowest BCUT2D eigenvalue weighted by Gasteiger charge is -2.00. The Morgan fingerprint density at radius 3 is 2.52 bits per heavy atom. The minimum atomic E-state index is -0.537. The van der Waals surface area contributed by atoms with Crippen LogP contribution >= 0.6 is 0 Å². The summed E-state index contributed by atoms with van der Waals surface area (Å²) >= 11 is 0. The van der Waals surface area contributed by atoms with Gasteiger partial charge in [-0.1, -0.05) is 55.2 Å². The Balaban J connectivity index is 0.000000516. The number of rotatable bonds is 9. The van der Waals surface area contributed by atoms with Crippen molar-refractivity contribution >= 4 is 17.1 Å². The molecule has 154 valence electrons. The molecular weight excluding hydrogens is 362 g/mol. The third-order valence-electron chi connectivity index (χ3n) is 3.55.